The average Bonchev–Trinajstić information content (AvgIpc) is 2.59. The third-order valence-electron chi connectivity index (χ3n) is 3.85. The highest BCUT2D eigenvalue weighted by Crippen LogP contribution is 2.27. The lowest BCUT2D eigenvalue weighted by Gasteiger charge is -2.27. The molecule has 0 aliphatic rings. The molecule has 0 aliphatic heterocycles. The smallest absolute Gasteiger partial charge is 0.264 e. The van der Waals surface area contributed by atoms with Crippen LogP contribution in [0.5, 0.6) is 0 Å². The zero-order valence-electron chi connectivity index (χ0n) is 15.7. The molecule has 0 heterocycles. The maximum absolute atomic E-state index is 13.3. The van der Waals surface area contributed by atoms with Gasteiger partial charge < -0.3 is 0 Å². The number of sulfonamides is 1. The SMILES string of the molecule is Cc1cc(C)cc(N(CC(C)C)S(=O)(=O)c2ccc(C(=O)N=[N+]=[N-])cc2)c1. The number of amides is 1. The number of carbonyl (C=O) groups is 1. The lowest BCUT2D eigenvalue weighted by atomic mass is 10.1. The molecule has 2 aromatic rings. The monoisotopic (exact) mass is 386 g/mol. The minimum atomic E-state index is -3.82. The van der Waals surface area contributed by atoms with E-state index in [0.29, 0.717) is 12.2 Å². The van der Waals surface area contributed by atoms with Crippen LogP contribution in [0.3, 0.4) is 0 Å². The zero-order chi connectivity index (χ0) is 20.2. The Balaban J connectivity index is 2.50. The first-order valence-corrected chi connectivity index (χ1v) is 9.89. The normalized spacial score (nSPS) is 11.1. The van der Waals surface area contributed by atoms with Gasteiger partial charge in [-0.25, -0.2) is 8.42 Å². The number of anilines is 1. The van der Waals surface area contributed by atoms with Crippen LogP contribution in [0, 0.1) is 19.8 Å². The molecule has 0 aliphatic carbocycles. The number of carbonyl (C=O) groups excluding carboxylic acids is 1. The third kappa shape index (κ3) is 4.87. The van der Waals surface area contributed by atoms with Crippen molar-refractivity contribution in [2.45, 2.75) is 32.6 Å². The van der Waals surface area contributed by atoms with E-state index in [9.17, 15) is 13.2 Å². The molecule has 0 unspecified atom stereocenters. The number of benzene rings is 2. The molecule has 0 fully saturated rings. The molecular formula is C19H22N4O3S. The molecule has 2 rings (SSSR count). The predicted octanol–water partition coefficient (Wildman–Crippen LogP) is 4.61. The number of hydrogen-bond acceptors (Lipinski definition) is 3. The summed E-state index contributed by atoms with van der Waals surface area (Å²) in [6.45, 7) is 8.07. The number of nitrogens with zero attached hydrogens (tertiary/aromatic N) is 4. The van der Waals surface area contributed by atoms with Gasteiger partial charge in [-0.2, -0.15) is 0 Å². The first kappa shape index (κ1) is 20.5. The van der Waals surface area contributed by atoms with Crippen LogP contribution in [0.4, 0.5) is 5.69 Å². The molecule has 0 bridgehead atoms. The summed E-state index contributed by atoms with van der Waals surface area (Å²) >= 11 is 0. The van der Waals surface area contributed by atoms with Crippen molar-refractivity contribution in [3.63, 3.8) is 0 Å². The Kier molecular flexibility index (Phi) is 6.25. The summed E-state index contributed by atoms with van der Waals surface area (Å²) in [6.07, 6.45) is 0. The summed E-state index contributed by atoms with van der Waals surface area (Å²) in [7, 11) is -3.82. The molecule has 2 aromatic carbocycles. The largest absolute Gasteiger partial charge is 0.287 e. The number of rotatable bonds is 6. The molecular weight excluding hydrogens is 364 g/mol. The minimum Gasteiger partial charge on any atom is -0.287 e. The second-order valence-electron chi connectivity index (χ2n) is 6.79. The van der Waals surface area contributed by atoms with E-state index in [0.717, 1.165) is 11.1 Å². The summed E-state index contributed by atoms with van der Waals surface area (Å²) in [6, 6.07) is 11.1. The second kappa shape index (κ2) is 8.24. The summed E-state index contributed by atoms with van der Waals surface area (Å²) in [5.74, 6) is -0.638. The van der Waals surface area contributed by atoms with Gasteiger partial charge in [0.1, 0.15) is 0 Å². The van der Waals surface area contributed by atoms with Gasteiger partial charge >= 0.3 is 0 Å². The van der Waals surface area contributed by atoms with E-state index >= 15 is 0 Å². The maximum atomic E-state index is 13.3. The molecule has 0 aromatic heterocycles. The standard InChI is InChI=1S/C19H22N4O3S/c1-13(2)12-23(17-10-14(3)9-15(4)11-17)27(25,26)18-7-5-16(6-8-18)19(24)21-22-20/h5-11,13H,12H2,1-4H3. The fraction of sp³-hybridized carbons (Fsp3) is 0.316. The molecule has 0 spiro atoms. The molecule has 0 saturated carbocycles. The Morgan fingerprint density at radius 1 is 1.11 bits per heavy atom. The van der Waals surface area contributed by atoms with Crippen LogP contribution in [-0.4, -0.2) is 20.9 Å². The van der Waals surface area contributed by atoms with Gasteiger partial charge in [0.2, 0.25) is 5.91 Å². The van der Waals surface area contributed by atoms with E-state index in [1.807, 2.05) is 45.9 Å². The molecule has 0 N–H and O–H groups in total. The Morgan fingerprint density at radius 3 is 2.15 bits per heavy atom. The fourth-order valence-corrected chi connectivity index (χ4v) is 4.38. The highest BCUT2D eigenvalue weighted by Gasteiger charge is 2.26. The van der Waals surface area contributed by atoms with E-state index < -0.39 is 15.9 Å². The third-order valence-corrected chi connectivity index (χ3v) is 5.66. The first-order chi connectivity index (χ1) is 12.6. The Hall–Kier alpha value is -2.83. The summed E-state index contributed by atoms with van der Waals surface area (Å²) in [5, 5.41) is 3.01. The van der Waals surface area contributed by atoms with Crippen molar-refractivity contribution in [2.75, 3.05) is 10.8 Å². The van der Waals surface area contributed by atoms with Crippen molar-refractivity contribution in [2.24, 2.45) is 11.0 Å². The van der Waals surface area contributed by atoms with Crippen LogP contribution in [0.1, 0.15) is 35.3 Å². The Morgan fingerprint density at radius 2 is 1.67 bits per heavy atom. The van der Waals surface area contributed by atoms with Crippen molar-refractivity contribution in [3.8, 4) is 0 Å². The second-order valence-corrected chi connectivity index (χ2v) is 8.66. The highest BCUT2D eigenvalue weighted by atomic mass is 32.2. The van der Waals surface area contributed by atoms with Crippen molar-refractivity contribution in [1.82, 2.24) is 0 Å². The van der Waals surface area contributed by atoms with Gasteiger partial charge in [-0.15, -0.1) is 0 Å². The summed E-state index contributed by atoms with van der Waals surface area (Å²) < 4.78 is 27.9. The van der Waals surface area contributed by atoms with Crippen LogP contribution in [-0.2, 0) is 10.0 Å². The summed E-state index contributed by atoms with van der Waals surface area (Å²) in [4.78, 5) is 14.1. The zero-order valence-corrected chi connectivity index (χ0v) is 16.6. The molecule has 1 amide bonds. The Bertz CT molecular complexity index is 972. The quantitative estimate of drug-likeness (QED) is 0.411. The molecule has 0 atom stereocenters. The molecule has 8 heteroatoms. The molecule has 27 heavy (non-hydrogen) atoms. The number of hydrogen-bond donors (Lipinski definition) is 0. The van der Waals surface area contributed by atoms with Gasteiger partial charge in [0.15, 0.2) is 0 Å². The molecule has 0 radical (unpaired) electrons. The lowest BCUT2D eigenvalue weighted by Crippen LogP contribution is -2.34. The van der Waals surface area contributed by atoms with Crippen LogP contribution in [0.25, 0.3) is 10.4 Å². The van der Waals surface area contributed by atoms with Crippen LogP contribution in [0.15, 0.2) is 52.5 Å². The molecule has 7 nitrogen and oxygen atoms in total. The molecule has 142 valence electrons. The Labute approximate surface area is 159 Å². The number of aryl methyl sites for hydroxylation is 2. The van der Waals surface area contributed by atoms with Crippen LogP contribution >= 0.6 is 0 Å². The van der Waals surface area contributed by atoms with Crippen molar-refractivity contribution >= 4 is 21.6 Å². The predicted molar refractivity (Wildman–Crippen MR) is 105 cm³/mol. The maximum Gasteiger partial charge on any atom is 0.264 e. The van der Waals surface area contributed by atoms with E-state index in [-0.39, 0.29) is 16.4 Å². The number of azide groups is 1. The van der Waals surface area contributed by atoms with Gasteiger partial charge in [0.05, 0.1) is 10.6 Å². The van der Waals surface area contributed by atoms with Crippen molar-refractivity contribution in [1.29, 1.82) is 0 Å². The van der Waals surface area contributed by atoms with Crippen molar-refractivity contribution in [3.05, 3.63) is 69.6 Å². The fourth-order valence-electron chi connectivity index (χ4n) is 2.76. The minimum absolute atomic E-state index is 0.0693. The van der Waals surface area contributed by atoms with Gasteiger partial charge in [-0.05, 0) is 77.9 Å². The van der Waals surface area contributed by atoms with E-state index in [1.165, 1.54) is 28.6 Å². The lowest BCUT2D eigenvalue weighted by molar-refractivity contribution is 0.100. The molecule has 0 saturated heterocycles. The van der Waals surface area contributed by atoms with E-state index in [2.05, 4.69) is 10.0 Å². The van der Waals surface area contributed by atoms with Gasteiger partial charge in [0.25, 0.3) is 10.0 Å². The highest BCUT2D eigenvalue weighted by molar-refractivity contribution is 7.92. The topological polar surface area (TPSA) is 103 Å². The first-order valence-electron chi connectivity index (χ1n) is 8.45. The van der Waals surface area contributed by atoms with Gasteiger partial charge in [-0.1, -0.05) is 19.9 Å². The van der Waals surface area contributed by atoms with Crippen LogP contribution < -0.4 is 4.31 Å². The van der Waals surface area contributed by atoms with Gasteiger partial charge in [0, 0.05) is 17.0 Å². The summed E-state index contributed by atoms with van der Waals surface area (Å²) in [5.41, 5.74) is 11.0. The van der Waals surface area contributed by atoms with E-state index in [1.54, 1.807) is 0 Å². The van der Waals surface area contributed by atoms with E-state index in [4.69, 9.17) is 5.53 Å². The average molecular weight is 386 g/mol. The van der Waals surface area contributed by atoms with Crippen molar-refractivity contribution < 1.29 is 13.2 Å². The van der Waals surface area contributed by atoms with Gasteiger partial charge in [-0.3, -0.25) is 9.10 Å². The van der Waals surface area contributed by atoms with Crippen LogP contribution in [0.2, 0.25) is 0 Å².